The molecule has 0 aliphatic heterocycles. The third kappa shape index (κ3) is 4.01. The lowest BCUT2D eigenvalue weighted by Crippen LogP contribution is -2.33. The van der Waals surface area contributed by atoms with Crippen LogP contribution in [0, 0.1) is 11.8 Å². The summed E-state index contributed by atoms with van der Waals surface area (Å²) in [6, 6.07) is 0. The first kappa shape index (κ1) is 14.5. The fourth-order valence-corrected chi connectivity index (χ4v) is 3.46. The standard InChI is InChI=1S/C14H23N3OS/c1-10-4-2-3-5-11(10)8-16-14(18)12-9-19-13(17-12)6-7-15/h9-11H,2-8,15H2,1H3,(H,16,18). The van der Waals surface area contributed by atoms with Gasteiger partial charge >= 0.3 is 0 Å². The Kier molecular flexibility index (Phi) is 5.34. The summed E-state index contributed by atoms with van der Waals surface area (Å²) in [7, 11) is 0. The number of hydrogen-bond acceptors (Lipinski definition) is 4. The van der Waals surface area contributed by atoms with Crippen molar-refractivity contribution >= 4 is 17.2 Å². The molecule has 0 saturated heterocycles. The number of nitrogens with zero attached hydrogens (tertiary/aromatic N) is 1. The van der Waals surface area contributed by atoms with Crippen LogP contribution in [0.4, 0.5) is 0 Å². The minimum Gasteiger partial charge on any atom is -0.350 e. The summed E-state index contributed by atoms with van der Waals surface area (Å²) in [5.74, 6) is 1.30. The average Bonchev–Trinajstić information content (AvgIpc) is 2.87. The quantitative estimate of drug-likeness (QED) is 0.869. The van der Waals surface area contributed by atoms with Crippen molar-refractivity contribution in [2.75, 3.05) is 13.1 Å². The zero-order valence-corrected chi connectivity index (χ0v) is 12.3. The lowest BCUT2D eigenvalue weighted by Gasteiger charge is -2.28. The zero-order chi connectivity index (χ0) is 13.7. The number of thiazole rings is 1. The summed E-state index contributed by atoms with van der Waals surface area (Å²) in [6.07, 6.45) is 5.90. The summed E-state index contributed by atoms with van der Waals surface area (Å²) >= 11 is 1.51. The van der Waals surface area contributed by atoms with Gasteiger partial charge in [-0.3, -0.25) is 4.79 Å². The number of carbonyl (C=O) groups excluding carboxylic acids is 1. The Bertz CT molecular complexity index is 419. The predicted octanol–water partition coefficient (Wildman–Crippen LogP) is 2.20. The van der Waals surface area contributed by atoms with E-state index in [1.165, 1.54) is 37.0 Å². The van der Waals surface area contributed by atoms with Gasteiger partial charge in [-0.05, 0) is 24.8 Å². The van der Waals surface area contributed by atoms with Crippen molar-refractivity contribution < 1.29 is 4.79 Å². The first-order valence-corrected chi connectivity index (χ1v) is 8.01. The summed E-state index contributed by atoms with van der Waals surface area (Å²) < 4.78 is 0. The highest BCUT2D eigenvalue weighted by molar-refractivity contribution is 7.09. The van der Waals surface area contributed by atoms with Crippen LogP contribution in [0.2, 0.25) is 0 Å². The maximum absolute atomic E-state index is 12.0. The molecular formula is C14H23N3OS. The van der Waals surface area contributed by atoms with Crippen molar-refractivity contribution in [3.63, 3.8) is 0 Å². The molecule has 1 saturated carbocycles. The van der Waals surface area contributed by atoms with Crippen molar-refractivity contribution in [2.45, 2.75) is 39.0 Å². The molecule has 1 aliphatic carbocycles. The predicted molar refractivity (Wildman–Crippen MR) is 78.3 cm³/mol. The SMILES string of the molecule is CC1CCCCC1CNC(=O)c1csc(CCN)n1. The van der Waals surface area contributed by atoms with Gasteiger partial charge in [-0.25, -0.2) is 4.98 Å². The second-order valence-corrected chi connectivity index (χ2v) is 6.34. The molecule has 0 bridgehead atoms. The number of nitrogens with one attached hydrogen (secondary N) is 1. The Morgan fingerprint density at radius 2 is 2.32 bits per heavy atom. The highest BCUT2D eigenvalue weighted by Crippen LogP contribution is 2.28. The average molecular weight is 281 g/mol. The Labute approximate surface area is 118 Å². The van der Waals surface area contributed by atoms with E-state index in [9.17, 15) is 4.79 Å². The smallest absolute Gasteiger partial charge is 0.270 e. The summed E-state index contributed by atoms with van der Waals surface area (Å²) in [5.41, 5.74) is 6.02. The number of amides is 1. The highest BCUT2D eigenvalue weighted by Gasteiger charge is 2.22. The first-order valence-electron chi connectivity index (χ1n) is 7.13. The van der Waals surface area contributed by atoms with Crippen LogP contribution in [0.5, 0.6) is 0 Å². The van der Waals surface area contributed by atoms with Crippen molar-refractivity contribution in [2.24, 2.45) is 17.6 Å². The summed E-state index contributed by atoms with van der Waals surface area (Å²) in [4.78, 5) is 16.3. The molecule has 1 fully saturated rings. The van der Waals surface area contributed by atoms with Gasteiger partial charge in [0.2, 0.25) is 0 Å². The van der Waals surface area contributed by atoms with Crippen LogP contribution in [0.25, 0.3) is 0 Å². The van der Waals surface area contributed by atoms with Crippen LogP contribution in [-0.4, -0.2) is 24.0 Å². The van der Waals surface area contributed by atoms with Gasteiger partial charge in [0.25, 0.3) is 5.91 Å². The van der Waals surface area contributed by atoms with Crippen LogP contribution >= 0.6 is 11.3 Å². The number of nitrogens with two attached hydrogens (primary N) is 1. The van der Waals surface area contributed by atoms with Crippen LogP contribution in [0.3, 0.4) is 0 Å². The second-order valence-electron chi connectivity index (χ2n) is 5.40. The van der Waals surface area contributed by atoms with Gasteiger partial charge < -0.3 is 11.1 Å². The van der Waals surface area contributed by atoms with Crippen molar-refractivity contribution in [3.05, 3.63) is 16.1 Å². The summed E-state index contributed by atoms with van der Waals surface area (Å²) in [5, 5.41) is 5.80. The topological polar surface area (TPSA) is 68.0 Å². The molecule has 1 amide bonds. The molecule has 2 unspecified atom stereocenters. The van der Waals surface area contributed by atoms with Gasteiger partial charge in [0, 0.05) is 18.3 Å². The Hall–Kier alpha value is -0.940. The van der Waals surface area contributed by atoms with E-state index >= 15 is 0 Å². The molecular weight excluding hydrogens is 258 g/mol. The number of hydrogen-bond donors (Lipinski definition) is 2. The normalized spacial score (nSPS) is 23.3. The van der Waals surface area contributed by atoms with E-state index in [2.05, 4.69) is 17.2 Å². The van der Waals surface area contributed by atoms with E-state index in [4.69, 9.17) is 5.73 Å². The van der Waals surface area contributed by atoms with E-state index < -0.39 is 0 Å². The molecule has 5 heteroatoms. The van der Waals surface area contributed by atoms with E-state index in [0.29, 0.717) is 18.2 Å². The van der Waals surface area contributed by atoms with Crippen molar-refractivity contribution in [3.8, 4) is 0 Å². The van der Waals surface area contributed by atoms with Crippen molar-refractivity contribution in [1.82, 2.24) is 10.3 Å². The third-order valence-corrected chi connectivity index (χ3v) is 4.87. The minimum absolute atomic E-state index is 0.0442. The molecule has 1 aliphatic rings. The Morgan fingerprint density at radius 3 is 3.05 bits per heavy atom. The molecule has 19 heavy (non-hydrogen) atoms. The highest BCUT2D eigenvalue weighted by atomic mass is 32.1. The van der Waals surface area contributed by atoms with E-state index in [1.807, 2.05) is 5.38 Å². The maximum Gasteiger partial charge on any atom is 0.270 e. The zero-order valence-electron chi connectivity index (χ0n) is 11.5. The molecule has 1 aromatic heterocycles. The van der Waals surface area contributed by atoms with Gasteiger partial charge in [-0.15, -0.1) is 11.3 Å². The molecule has 0 radical (unpaired) electrons. The molecule has 0 aromatic carbocycles. The van der Waals surface area contributed by atoms with Crippen LogP contribution in [0.1, 0.15) is 48.1 Å². The third-order valence-electron chi connectivity index (χ3n) is 3.96. The Balaban J connectivity index is 1.82. The van der Waals surface area contributed by atoms with Gasteiger partial charge in [-0.2, -0.15) is 0 Å². The van der Waals surface area contributed by atoms with Gasteiger partial charge in [0.1, 0.15) is 5.69 Å². The molecule has 3 N–H and O–H groups in total. The molecule has 0 spiro atoms. The number of carbonyl (C=O) groups is 1. The fourth-order valence-electron chi connectivity index (χ4n) is 2.66. The largest absolute Gasteiger partial charge is 0.350 e. The summed E-state index contributed by atoms with van der Waals surface area (Å²) in [6.45, 7) is 3.65. The van der Waals surface area contributed by atoms with Crippen molar-refractivity contribution in [1.29, 1.82) is 0 Å². The van der Waals surface area contributed by atoms with Gasteiger partial charge in [0.05, 0.1) is 5.01 Å². The van der Waals surface area contributed by atoms with Crippen LogP contribution in [-0.2, 0) is 6.42 Å². The van der Waals surface area contributed by atoms with E-state index in [-0.39, 0.29) is 5.91 Å². The van der Waals surface area contributed by atoms with Gasteiger partial charge in [-0.1, -0.05) is 26.2 Å². The van der Waals surface area contributed by atoms with Crippen LogP contribution in [0.15, 0.2) is 5.38 Å². The van der Waals surface area contributed by atoms with Gasteiger partial charge in [0.15, 0.2) is 0 Å². The molecule has 2 rings (SSSR count). The molecule has 1 heterocycles. The molecule has 4 nitrogen and oxygen atoms in total. The monoisotopic (exact) mass is 281 g/mol. The van der Waals surface area contributed by atoms with Crippen LogP contribution < -0.4 is 11.1 Å². The lowest BCUT2D eigenvalue weighted by molar-refractivity contribution is 0.0932. The second kappa shape index (κ2) is 7.01. The van der Waals surface area contributed by atoms with E-state index in [0.717, 1.165) is 23.9 Å². The molecule has 106 valence electrons. The number of aromatic nitrogens is 1. The lowest BCUT2D eigenvalue weighted by atomic mass is 9.80. The fraction of sp³-hybridized carbons (Fsp3) is 0.714. The number of rotatable bonds is 5. The maximum atomic E-state index is 12.0. The molecule has 1 aromatic rings. The van der Waals surface area contributed by atoms with E-state index in [1.54, 1.807) is 0 Å². The molecule has 2 atom stereocenters. The Morgan fingerprint density at radius 1 is 1.53 bits per heavy atom. The minimum atomic E-state index is -0.0442. The first-order chi connectivity index (χ1) is 9.20.